The molecule has 0 atom stereocenters. The molecule has 3 aromatic rings. The Hall–Kier alpha value is -3.19. The number of carbonyl (C=O) groups excluding carboxylic acids is 2. The second kappa shape index (κ2) is 8.28. The minimum atomic E-state index is -0.825. The Labute approximate surface area is 177 Å². The van der Waals surface area contributed by atoms with Crippen molar-refractivity contribution in [3.8, 4) is 11.3 Å². The predicted molar refractivity (Wildman–Crippen MR) is 107 cm³/mol. The standard InChI is InChI=1S/C22H18ClFN2O4/c1-13-19(21(25-30-13)20-16(23)7-4-8-17(20)24)22(28)29-12-18(27)26-10-9-14-5-2-3-6-15(14)11-26/h2-8H,9-12H2,1H3. The number of hydrogen-bond donors (Lipinski definition) is 0. The lowest BCUT2D eigenvalue weighted by Crippen LogP contribution is -2.38. The van der Waals surface area contributed by atoms with Gasteiger partial charge < -0.3 is 14.2 Å². The van der Waals surface area contributed by atoms with Crippen molar-refractivity contribution < 1.29 is 23.2 Å². The molecule has 154 valence electrons. The number of amides is 1. The van der Waals surface area contributed by atoms with Gasteiger partial charge in [0.1, 0.15) is 22.8 Å². The van der Waals surface area contributed by atoms with E-state index in [2.05, 4.69) is 5.16 Å². The molecule has 0 aliphatic carbocycles. The van der Waals surface area contributed by atoms with E-state index in [4.69, 9.17) is 20.9 Å². The molecular weight excluding hydrogens is 411 g/mol. The molecule has 6 nitrogen and oxygen atoms in total. The van der Waals surface area contributed by atoms with Crippen LogP contribution < -0.4 is 0 Å². The third-order valence-electron chi connectivity index (χ3n) is 5.08. The molecule has 0 fully saturated rings. The van der Waals surface area contributed by atoms with Crippen molar-refractivity contribution in [1.29, 1.82) is 0 Å². The zero-order valence-corrected chi connectivity index (χ0v) is 16.9. The maximum Gasteiger partial charge on any atom is 0.344 e. The fourth-order valence-electron chi connectivity index (χ4n) is 3.51. The first-order chi connectivity index (χ1) is 14.5. The van der Waals surface area contributed by atoms with E-state index in [0.717, 1.165) is 12.0 Å². The highest BCUT2D eigenvalue weighted by Gasteiger charge is 2.28. The molecule has 8 heteroatoms. The van der Waals surface area contributed by atoms with E-state index in [0.29, 0.717) is 13.1 Å². The molecule has 0 unspecified atom stereocenters. The van der Waals surface area contributed by atoms with E-state index in [1.807, 2.05) is 24.3 Å². The Morgan fingerprint density at radius 1 is 1.20 bits per heavy atom. The summed E-state index contributed by atoms with van der Waals surface area (Å²) in [6.45, 7) is 2.09. The third-order valence-corrected chi connectivity index (χ3v) is 5.39. The van der Waals surface area contributed by atoms with Gasteiger partial charge in [-0.25, -0.2) is 9.18 Å². The van der Waals surface area contributed by atoms with Gasteiger partial charge in [0.15, 0.2) is 6.61 Å². The van der Waals surface area contributed by atoms with Crippen molar-refractivity contribution in [2.24, 2.45) is 0 Å². The van der Waals surface area contributed by atoms with E-state index in [1.165, 1.54) is 30.7 Å². The largest absolute Gasteiger partial charge is 0.452 e. The number of fused-ring (bicyclic) bond motifs is 1. The van der Waals surface area contributed by atoms with Crippen LogP contribution in [0.2, 0.25) is 5.02 Å². The number of esters is 1. The Balaban J connectivity index is 1.48. The summed E-state index contributed by atoms with van der Waals surface area (Å²) in [5.74, 6) is -1.63. The highest BCUT2D eigenvalue weighted by Crippen LogP contribution is 2.33. The van der Waals surface area contributed by atoms with Gasteiger partial charge in [0.2, 0.25) is 0 Å². The van der Waals surface area contributed by atoms with Gasteiger partial charge in [-0.05, 0) is 36.6 Å². The summed E-state index contributed by atoms with van der Waals surface area (Å²) < 4.78 is 24.6. The van der Waals surface area contributed by atoms with Crippen molar-refractivity contribution in [3.05, 3.63) is 75.8 Å². The van der Waals surface area contributed by atoms with Crippen molar-refractivity contribution in [2.75, 3.05) is 13.2 Å². The van der Waals surface area contributed by atoms with Gasteiger partial charge in [-0.15, -0.1) is 0 Å². The molecule has 2 aromatic carbocycles. The van der Waals surface area contributed by atoms with Gasteiger partial charge in [-0.1, -0.05) is 47.1 Å². The number of nitrogens with zero attached hydrogens (tertiary/aromatic N) is 2. The van der Waals surface area contributed by atoms with Gasteiger partial charge >= 0.3 is 5.97 Å². The van der Waals surface area contributed by atoms with Crippen molar-refractivity contribution in [3.63, 3.8) is 0 Å². The van der Waals surface area contributed by atoms with Crippen molar-refractivity contribution >= 4 is 23.5 Å². The highest BCUT2D eigenvalue weighted by molar-refractivity contribution is 6.33. The van der Waals surface area contributed by atoms with Crippen LogP contribution >= 0.6 is 11.6 Å². The summed E-state index contributed by atoms with van der Waals surface area (Å²) in [4.78, 5) is 26.9. The molecule has 0 saturated carbocycles. The molecule has 4 rings (SSSR count). The molecule has 1 aliphatic rings. The quantitative estimate of drug-likeness (QED) is 0.583. The van der Waals surface area contributed by atoms with Crippen LogP contribution in [0.15, 0.2) is 47.0 Å². The Kier molecular flexibility index (Phi) is 5.55. The monoisotopic (exact) mass is 428 g/mol. The predicted octanol–water partition coefficient (Wildman–Crippen LogP) is 4.18. The fraction of sp³-hybridized carbons (Fsp3) is 0.227. The van der Waals surface area contributed by atoms with Crippen LogP contribution in [0.1, 0.15) is 27.2 Å². The number of halogens is 2. The van der Waals surface area contributed by atoms with Crippen LogP contribution in [0.25, 0.3) is 11.3 Å². The van der Waals surface area contributed by atoms with Crippen molar-refractivity contribution in [2.45, 2.75) is 19.9 Å². The number of carbonyl (C=O) groups is 2. The first kappa shape index (κ1) is 20.1. The fourth-order valence-corrected chi connectivity index (χ4v) is 3.76. The molecule has 0 spiro atoms. The zero-order valence-electron chi connectivity index (χ0n) is 16.2. The van der Waals surface area contributed by atoms with Gasteiger partial charge in [-0.2, -0.15) is 0 Å². The van der Waals surface area contributed by atoms with Crippen LogP contribution in [0.5, 0.6) is 0 Å². The third kappa shape index (κ3) is 3.80. The summed E-state index contributed by atoms with van der Waals surface area (Å²) in [6, 6.07) is 12.1. The summed E-state index contributed by atoms with van der Waals surface area (Å²) in [5.41, 5.74) is 2.13. The van der Waals surface area contributed by atoms with Gasteiger partial charge in [0.05, 0.1) is 10.6 Å². The molecule has 0 radical (unpaired) electrons. The lowest BCUT2D eigenvalue weighted by molar-refractivity contribution is -0.135. The lowest BCUT2D eigenvalue weighted by Gasteiger charge is -2.28. The molecule has 1 amide bonds. The average molecular weight is 429 g/mol. The van der Waals surface area contributed by atoms with Crippen LogP contribution in [-0.4, -0.2) is 35.1 Å². The molecule has 1 aromatic heterocycles. The van der Waals surface area contributed by atoms with Crippen LogP contribution in [0.3, 0.4) is 0 Å². The Bertz CT molecular complexity index is 1110. The van der Waals surface area contributed by atoms with Crippen LogP contribution in [0.4, 0.5) is 4.39 Å². The number of aryl methyl sites for hydroxylation is 1. The second-order valence-electron chi connectivity index (χ2n) is 6.97. The van der Waals surface area contributed by atoms with E-state index in [1.54, 1.807) is 4.90 Å². The number of hydrogen-bond acceptors (Lipinski definition) is 5. The number of rotatable bonds is 4. The maximum atomic E-state index is 14.3. The summed E-state index contributed by atoms with van der Waals surface area (Å²) >= 11 is 6.09. The SMILES string of the molecule is Cc1onc(-c2c(F)cccc2Cl)c1C(=O)OCC(=O)N1CCc2ccccc2C1. The van der Waals surface area contributed by atoms with Crippen molar-refractivity contribution in [1.82, 2.24) is 10.1 Å². The first-order valence-corrected chi connectivity index (χ1v) is 9.76. The Morgan fingerprint density at radius 3 is 2.73 bits per heavy atom. The lowest BCUT2D eigenvalue weighted by atomic mass is 10.00. The van der Waals surface area contributed by atoms with Crippen LogP contribution in [-0.2, 0) is 22.5 Å². The molecular formula is C22H18ClFN2O4. The number of ether oxygens (including phenoxy) is 1. The molecule has 0 N–H and O–H groups in total. The first-order valence-electron chi connectivity index (χ1n) is 9.38. The average Bonchev–Trinajstić information content (AvgIpc) is 3.12. The number of benzene rings is 2. The van der Waals surface area contributed by atoms with Gasteiger partial charge in [0.25, 0.3) is 5.91 Å². The summed E-state index contributed by atoms with van der Waals surface area (Å²) in [7, 11) is 0. The van der Waals surface area contributed by atoms with Gasteiger partial charge in [-0.3, -0.25) is 4.79 Å². The highest BCUT2D eigenvalue weighted by atomic mass is 35.5. The second-order valence-corrected chi connectivity index (χ2v) is 7.38. The maximum absolute atomic E-state index is 14.3. The normalized spacial score (nSPS) is 13.1. The summed E-state index contributed by atoms with van der Waals surface area (Å²) in [5, 5.41) is 3.86. The minimum Gasteiger partial charge on any atom is -0.452 e. The zero-order chi connectivity index (χ0) is 21.3. The van der Waals surface area contributed by atoms with E-state index in [9.17, 15) is 14.0 Å². The molecule has 0 bridgehead atoms. The van der Waals surface area contributed by atoms with Crippen LogP contribution in [0, 0.1) is 12.7 Å². The molecule has 0 saturated heterocycles. The minimum absolute atomic E-state index is 0.0538. The smallest absolute Gasteiger partial charge is 0.344 e. The van der Waals surface area contributed by atoms with E-state index >= 15 is 0 Å². The Morgan fingerprint density at radius 2 is 1.97 bits per heavy atom. The van der Waals surface area contributed by atoms with E-state index < -0.39 is 18.4 Å². The summed E-state index contributed by atoms with van der Waals surface area (Å²) in [6.07, 6.45) is 0.747. The van der Waals surface area contributed by atoms with E-state index in [-0.39, 0.29) is 33.5 Å². The topological polar surface area (TPSA) is 72.6 Å². The van der Waals surface area contributed by atoms with Gasteiger partial charge in [0, 0.05) is 13.1 Å². The molecule has 1 aliphatic heterocycles. The molecule has 2 heterocycles. The number of aromatic nitrogens is 1. The molecule has 30 heavy (non-hydrogen) atoms.